The summed E-state index contributed by atoms with van der Waals surface area (Å²) in [5.74, 6) is 0.760. The lowest BCUT2D eigenvalue weighted by molar-refractivity contribution is 0.434. The number of hydrogen-bond donors (Lipinski definition) is 1. The minimum Gasteiger partial charge on any atom is -0.330 e. The molecule has 2 aromatic rings. The molecular formula is C15H17BrN2S. The maximum atomic E-state index is 5.67. The van der Waals surface area contributed by atoms with Gasteiger partial charge in [-0.2, -0.15) is 0 Å². The average molecular weight is 337 g/mol. The van der Waals surface area contributed by atoms with Gasteiger partial charge < -0.3 is 5.73 Å². The first kappa shape index (κ1) is 13.3. The molecule has 0 spiro atoms. The third kappa shape index (κ3) is 2.91. The Morgan fingerprint density at radius 3 is 2.84 bits per heavy atom. The first-order chi connectivity index (χ1) is 9.26. The van der Waals surface area contributed by atoms with E-state index in [1.165, 1.54) is 29.0 Å². The van der Waals surface area contributed by atoms with Gasteiger partial charge in [0.1, 0.15) is 5.01 Å². The average Bonchev–Trinajstić information content (AvgIpc) is 2.83. The van der Waals surface area contributed by atoms with Crippen LogP contribution >= 0.6 is 27.3 Å². The Morgan fingerprint density at radius 1 is 1.32 bits per heavy atom. The lowest BCUT2D eigenvalue weighted by Crippen LogP contribution is -2.16. The highest BCUT2D eigenvalue weighted by Gasteiger charge is 2.22. The summed E-state index contributed by atoms with van der Waals surface area (Å²) in [6.07, 6.45) is 4.67. The van der Waals surface area contributed by atoms with Crippen LogP contribution in [0.3, 0.4) is 0 Å². The molecule has 1 aromatic heterocycles. The van der Waals surface area contributed by atoms with E-state index in [9.17, 15) is 0 Å². The molecule has 0 radical (unpaired) electrons. The van der Waals surface area contributed by atoms with E-state index in [4.69, 9.17) is 10.7 Å². The van der Waals surface area contributed by atoms with Crippen LogP contribution in [0.2, 0.25) is 0 Å². The topological polar surface area (TPSA) is 38.9 Å². The molecule has 1 aliphatic rings. The fourth-order valence-corrected chi connectivity index (χ4v) is 4.13. The molecule has 4 heteroatoms. The van der Waals surface area contributed by atoms with Crippen molar-refractivity contribution in [2.75, 3.05) is 6.54 Å². The maximum Gasteiger partial charge on any atom is 0.123 e. The van der Waals surface area contributed by atoms with E-state index < -0.39 is 0 Å². The van der Waals surface area contributed by atoms with Crippen LogP contribution in [0.15, 0.2) is 28.7 Å². The second-order valence-corrected chi connectivity index (χ2v) is 7.08. The van der Waals surface area contributed by atoms with Crippen molar-refractivity contribution in [3.8, 4) is 10.6 Å². The Hall–Kier alpha value is -0.710. The summed E-state index contributed by atoms with van der Waals surface area (Å²) < 4.78 is 1.11. The Bertz CT molecular complexity index is 562. The predicted molar refractivity (Wildman–Crippen MR) is 84.4 cm³/mol. The SMILES string of the molecule is NCCC1CCc2nc(-c3ccc(Br)cc3)sc2C1. The van der Waals surface area contributed by atoms with Gasteiger partial charge in [0.15, 0.2) is 0 Å². The second-order valence-electron chi connectivity index (χ2n) is 5.08. The van der Waals surface area contributed by atoms with Crippen molar-refractivity contribution >= 4 is 27.3 Å². The third-order valence-corrected chi connectivity index (χ3v) is 5.41. The summed E-state index contributed by atoms with van der Waals surface area (Å²) in [5.41, 5.74) is 8.21. The molecule has 100 valence electrons. The van der Waals surface area contributed by atoms with Crippen LogP contribution in [-0.4, -0.2) is 11.5 Å². The highest BCUT2D eigenvalue weighted by atomic mass is 79.9. The first-order valence-electron chi connectivity index (χ1n) is 6.71. The van der Waals surface area contributed by atoms with Crippen molar-refractivity contribution in [2.45, 2.75) is 25.7 Å². The van der Waals surface area contributed by atoms with E-state index >= 15 is 0 Å². The lowest BCUT2D eigenvalue weighted by Gasteiger charge is -2.19. The van der Waals surface area contributed by atoms with E-state index in [0.29, 0.717) is 0 Å². The van der Waals surface area contributed by atoms with Crippen LogP contribution in [0.1, 0.15) is 23.4 Å². The molecule has 0 fully saturated rings. The number of rotatable bonds is 3. The number of benzene rings is 1. The molecule has 0 saturated carbocycles. The number of halogens is 1. The molecule has 2 N–H and O–H groups in total. The first-order valence-corrected chi connectivity index (χ1v) is 8.32. The molecule has 2 nitrogen and oxygen atoms in total. The highest BCUT2D eigenvalue weighted by molar-refractivity contribution is 9.10. The van der Waals surface area contributed by atoms with Crippen molar-refractivity contribution < 1.29 is 0 Å². The zero-order valence-electron chi connectivity index (χ0n) is 10.7. The van der Waals surface area contributed by atoms with Crippen LogP contribution < -0.4 is 5.73 Å². The number of hydrogen-bond acceptors (Lipinski definition) is 3. The molecule has 1 heterocycles. The van der Waals surface area contributed by atoms with Crippen molar-refractivity contribution in [1.82, 2.24) is 4.98 Å². The Balaban J connectivity index is 1.85. The van der Waals surface area contributed by atoms with Crippen LogP contribution in [0.25, 0.3) is 10.6 Å². The Morgan fingerprint density at radius 2 is 2.11 bits per heavy atom. The number of nitrogens with zero attached hydrogens (tertiary/aromatic N) is 1. The normalized spacial score (nSPS) is 18.3. The summed E-state index contributed by atoms with van der Waals surface area (Å²) in [7, 11) is 0. The summed E-state index contributed by atoms with van der Waals surface area (Å²) in [5, 5.41) is 1.16. The summed E-state index contributed by atoms with van der Waals surface area (Å²) in [6, 6.07) is 8.41. The van der Waals surface area contributed by atoms with Gasteiger partial charge in [0.25, 0.3) is 0 Å². The van der Waals surface area contributed by atoms with Crippen LogP contribution in [0, 0.1) is 5.92 Å². The van der Waals surface area contributed by atoms with Gasteiger partial charge in [-0.25, -0.2) is 4.98 Å². The standard InChI is InChI=1S/C15H17BrN2S/c16-12-4-2-11(3-5-12)15-18-13-6-1-10(7-8-17)9-14(13)19-15/h2-5,10H,1,6-9,17H2. The molecule has 0 aliphatic heterocycles. The molecule has 1 unspecified atom stereocenters. The minimum atomic E-state index is 0.760. The number of nitrogens with two attached hydrogens (primary N) is 1. The van der Waals surface area contributed by atoms with Gasteiger partial charge in [-0.05, 0) is 50.3 Å². The largest absolute Gasteiger partial charge is 0.330 e. The van der Waals surface area contributed by atoms with Crippen molar-refractivity contribution in [2.24, 2.45) is 11.7 Å². The van der Waals surface area contributed by atoms with E-state index in [0.717, 1.165) is 34.8 Å². The Kier molecular flexibility index (Phi) is 4.01. The highest BCUT2D eigenvalue weighted by Crippen LogP contribution is 2.35. The number of fused-ring (bicyclic) bond motifs is 1. The molecule has 1 aliphatic carbocycles. The molecular weight excluding hydrogens is 320 g/mol. The van der Waals surface area contributed by atoms with Gasteiger partial charge in [-0.1, -0.05) is 28.1 Å². The van der Waals surface area contributed by atoms with Gasteiger partial charge in [0.05, 0.1) is 5.69 Å². The van der Waals surface area contributed by atoms with E-state index in [1.54, 1.807) is 0 Å². The summed E-state index contributed by atoms with van der Waals surface area (Å²) in [6.45, 7) is 0.804. The van der Waals surface area contributed by atoms with Crippen molar-refractivity contribution in [3.05, 3.63) is 39.3 Å². The van der Waals surface area contributed by atoms with E-state index in [-0.39, 0.29) is 0 Å². The summed E-state index contributed by atoms with van der Waals surface area (Å²) in [4.78, 5) is 6.29. The fourth-order valence-electron chi connectivity index (χ4n) is 2.64. The van der Waals surface area contributed by atoms with Crippen LogP contribution in [-0.2, 0) is 12.8 Å². The second kappa shape index (κ2) is 5.73. The van der Waals surface area contributed by atoms with E-state index in [1.807, 2.05) is 11.3 Å². The molecule has 0 saturated heterocycles. The van der Waals surface area contributed by atoms with Gasteiger partial charge in [0.2, 0.25) is 0 Å². The molecule has 0 amide bonds. The zero-order valence-corrected chi connectivity index (χ0v) is 13.1. The molecule has 0 bridgehead atoms. The van der Waals surface area contributed by atoms with Gasteiger partial charge in [-0.15, -0.1) is 11.3 Å². The van der Waals surface area contributed by atoms with Gasteiger partial charge in [-0.3, -0.25) is 0 Å². The lowest BCUT2D eigenvalue weighted by atomic mass is 9.89. The van der Waals surface area contributed by atoms with Crippen molar-refractivity contribution in [1.29, 1.82) is 0 Å². The van der Waals surface area contributed by atoms with Crippen LogP contribution in [0.5, 0.6) is 0 Å². The quantitative estimate of drug-likeness (QED) is 0.918. The number of aryl methyl sites for hydroxylation is 1. The Labute approximate surface area is 126 Å². The third-order valence-electron chi connectivity index (χ3n) is 3.71. The summed E-state index contributed by atoms with van der Waals surface area (Å²) >= 11 is 5.33. The molecule has 1 aromatic carbocycles. The fraction of sp³-hybridized carbons (Fsp3) is 0.400. The number of thiazole rings is 1. The van der Waals surface area contributed by atoms with Crippen LogP contribution in [0.4, 0.5) is 0 Å². The zero-order chi connectivity index (χ0) is 13.2. The maximum absolute atomic E-state index is 5.67. The monoisotopic (exact) mass is 336 g/mol. The molecule has 3 rings (SSSR count). The van der Waals surface area contributed by atoms with Crippen molar-refractivity contribution in [3.63, 3.8) is 0 Å². The number of aromatic nitrogens is 1. The van der Waals surface area contributed by atoms with E-state index in [2.05, 4.69) is 40.2 Å². The predicted octanol–water partition coefficient (Wildman–Crippen LogP) is 4.03. The smallest absolute Gasteiger partial charge is 0.123 e. The minimum absolute atomic E-state index is 0.760. The molecule has 1 atom stereocenters. The van der Waals surface area contributed by atoms with Gasteiger partial charge >= 0.3 is 0 Å². The van der Waals surface area contributed by atoms with Gasteiger partial charge in [0, 0.05) is 14.9 Å². The molecule has 19 heavy (non-hydrogen) atoms.